The third-order valence-corrected chi connectivity index (χ3v) is 2.67. The van der Waals surface area contributed by atoms with Gasteiger partial charge in [-0.05, 0) is 19.3 Å². The second kappa shape index (κ2) is 7.58. The van der Waals surface area contributed by atoms with E-state index in [0.717, 1.165) is 6.92 Å². The van der Waals surface area contributed by atoms with Crippen LogP contribution >= 0.6 is 0 Å². The molecule has 0 aromatic heterocycles. The Morgan fingerprint density at radius 1 is 1.19 bits per heavy atom. The molecule has 0 aliphatic heterocycles. The largest absolute Gasteiger partial charge is 0.429 e. The van der Waals surface area contributed by atoms with Gasteiger partial charge < -0.3 is 5.11 Å². The average Bonchev–Trinajstić information content (AvgIpc) is 2.32. The first kappa shape index (κ1) is 19.6. The molecule has 0 aromatic carbocycles. The standard InChI is InChI=1S/C12H16F6N2O/c1-4-19-10(12(16,17)18)5-7(2)9(21)6-20-8(3)11(13,14)15/h4,7,9,21H,1,5-6H2,2-3H3/t7-,9?/m0/s1. The first-order chi connectivity index (χ1) is 9.39. The Kier molecular flexibility index (Phi) is 7.08. The Balaban J connectivity index is 4.76. The van der Waals surface area contributed by atoms with Crippen molar-refractivity contribution < 1.29 is 31.4 Å². The number of hydrogen-bond donors (Lipinski definition) is 1. The molecule has 9 heteroatoms. The number of hydrogen-bond acceptors (Lipinski definition) is 3. The molecule has 0 fully saturated rings. The molecule has 0 rings (SSSR count). The second-order valence-corrected chi connectivity index (χ2v) is 4.43. The van der Waals surface area contributed by atoms with E-state index < -0.39 is 48.8 Å². The third kappa shape index (κ3) is 7.26. The fourth-order valence-electron chi connectivity index (χ4n) is 1.29. The summed E-state index contributed by atoms with van der Waals surface area (Å²) in [7, 11) is 0. The fourth-order valence-corrected chi connectivity index (χ4v) is 1.29. The number of aliphatic hydroxyl groups excluding tert-OH is 1. The molecule has 0 spiro atoms. The smallest absolute Gasteiger partial charge is 0.391 e. The molecule has 0 bridgehead atoms. The highest BCUT2D eigenvalue weighted by Crippen LogP contribution is 2.24. The van der Waals surface area contributed by atoms with Gasteiger partial charge in [0.2, 0.25) is 0 Å². The predicted octanol–water partition coefficient (Wildman–Crippen LogP) is 3.54. The van der Waals surface area contributed by atoms with E-state index in [1.54, 1.807) is 0 Å². The lowest BCUT2D eigenvalue weighted by Crippen LogP contribution is -2.31. The Morgan fingerprint density at radius 2 is 1.71 bits per heavy atom. The molecule has 0 aliphatic rings. The van der Waals surface area contributed by atoms with Crippen LogP contribution in [0.2, 0.25) is 0 Å². The van der Waals surface area contributed by atoms with Gasteiger partial charge in [-0.2, -0.15) is 26.3 Å². The van der Waals surface area contributed by atoms with Gasteiger partial charge in [-0.15, -0.1) is 0 Å². The van der Waals surface area contributed by atoms with Crippen molar-refractivity contribution in [3.8, 4) is 0 Å². The van der Waals surface area contributed by atoms with Crippen LogP contribution in [-0.4, -0.2) is 41.5 Å². The van der Waals surface area contributed by atoms with Crippen LogP contribution in [0.5, 0.6) is 0 Å². The first-order valence-electron chi connectivity index (χ1n) is 5.90. The molecule has 122 valence electrons. The zero-order valence-electron chi connectivity index (χ0n) is 11.5. The van der Waals surface area contributed by atoms with Gasteiger partial charge in [-0.3, -0.25) is 9.98 Å². The van der Waals surface area contributed by atoms with Gasteiger partial charge in [0.1, 0.15) is 11.4 Å². The molecule has 0 amide bonds. The number of rotatable bonds is 6. The minimum Gasteiger partial charge on any atom is -0.391 e. The molecular formula is C12H16F6N2O. The number of alkyl halides is 6. The molecular weight excluding hydrogens is 302 g/mol. The Morgan fingerprint density at radius 3 is 2.10 bits per heavy atom. The van der Waals surface area contributed by atoms with Crippen LogP contribution in [0.3, 0.4) is 0 Å². The SMILES string of the molecule is C=CN=C(C[C@H](C)C(O)CN=C(C)C(F)(F)F)C(F)(F)F. The maximum atomic E-state index is 12.6. The van der Waals surface area contributed by atoms with E-state index in [-0.39, 0.29) is 0 Å². The molecule has 0 saturated carbocycles. The van der Waals surface area contributed by atoms with Gasteiger partial charge >= 0.3 is 12.4 Å². The lowest BCUT2D eigenvalue weighted by Gasteiger charge is -2.19. The van der Waals surface area contributed by atoms with Crippen molar-refractivity contribution in [3.63, 3.8) is 0 Å². The zero-order chi connectivity index (χ0) is 16.8. The fraction of sp³-hybridized carbons (Fsp3) is 0.667. The lowest BCUT2D eigenvalue weighted by atomic mass is 9.97. The van der Waals surface area contributed by atoms with Crippen LogP contribution in [0.1, 0.15) is 20.3 Å². The van der Waals surface area contributed by atoms with E-state index in [1.165, 1.54) is 6.92 Å². The van der Waals surface area contributed by atoms with Gasteiger partial charge in [0.05, 0.1) is 12.6 Å². The topological polar surface area (TPSA) is 45.0 Å². The molecule has 0 radical (unpaired) electrons. The van der Waals surface area contributed by atoms with Crippen molar-refractivity contribution >= 4 is 11.4 Å². The summed E-state index contributed by atoms with van der Waals surface area (Å²) in [4.78, 5) is 6.21. The predicted molar refractivity (Wildman–Crippen MR) is 67.5 cm³/mol. The molecule has 3 nitrogen and oxygen atoms in total. The van der Waals surface area contributed by atoms with E-state index in [0.29, 0.717) is 6.20 Å². The third-order valence-electron chi connectivity index (χ3n) is 2.67. The summed E-state index contributed by atoms with van der Waals surface area (Å²) in [6, 6.07) is 0. The van der Waals surface area contributed by atoms with Crippen LogP contribution in [0.4, 0.5) is 26.3 Å². The van der Waals surface area contributed by atoms with Gasteiger partial charge in [0.25, 0.3) is 0 Å². The quantitative estimate of drug-likeness (QED) is 0.591. The first-order valence-corrected chi connectivity index (χ1v) is 5.90. The molecule has 0 aliphatic carbocycles. The van der Waals surface area contributed by atoms with Gasteiger partial charge in [-0.1, -0.05) is 13.5 Å². The summed E-state index contributed by atoms with van der Waals surface area (Å²) in [5.74, 6) is -0.963. The second-order valence-electron chi connectivity index (χ2n) is 4.43. The number of nitrogens with zero attached hydrogens (tertiary/aromatic N) is 2. The number of halogens is 6. The maximum absolute atomic E-state index is 12.6. The summed E-state index contributed by atoms with van der Waals surface area (Å²) >= 11 is 0. The van der Waals surface area contributed by atoms with Crippen LogP contribution < -0.4 is 0 Å². The minimum absolute atomic E-state index is 0.633. The number of aliphatic hydroxyl groups is 1. The molecule has 0 heterocycles. The molecule has 0 saturated heterocycles. The van der Waals surface area contributed by atoms with E-state index in [9.17, 15) is 31.4 Å². The van der Waals surface area contributed by atoms with Crippen LogP contribution in [0, 0.1) is 5.92 Å². The Labute approximate surface area is 118 Å². The highest BCUT2D eigenvalue weighted by molar-refractivity contribution is 5.90. The maximum Gasteiger partial charge on any atom is 0.429 e. The monoisotopic (exact) mass is 318 g/mol. The van der Waals surface area contributed by atoms with Crippen molar-refractivity contribution in [2.45, 2.75) is 38.7 Å². The van der Waals surface area contributed by atoms with Crippen molar-refractivity contribution in [1.82, 2.24) is 0 Å². The van der Waals surface area contributed by atoms with E-state index in [1.807, 2.05) is 0 Å². The van der Waals surface area contributed by atoms with Gasteiger partial charge in [-0.25, -0.2) is 0 Å². The van der Waals surface area contributed by atoms with Crippen LogP contribution in [0.25, 0.3) is 0 Å². The molecule has 1 unspecified atom stereocenters. The normalized spacial score (nSPS) is 17.6. The molecule has 0 aromatic rings. The van der Waals surface area contributed by atoms with E-state index in [4.69, 9.17) is 0 Å². The van der Waals surface area contributed by atoms with Crippen LogP contribution in [0.15, 0.2) is 22.8 Å². The Hall–Kier alpha value is -1.38. The van der Waals surface area contributed by atoms with Crippen molar-refractivity contribution in [2.75, 3.05) is 6.54 Å². The minimum atomic E-state index is -4.69. The summed E-state index contributed by atoms with van der Waals surface area (Å²) in [6.07, 6.45) is -10.7. The van der Waals surface area contributed by atoms with Crippen molar-refractivity contribution in [1.29, 1.82) is 0 Å². The average molecular weight is 318 g/mol. The Bertz CT molecular complexity index is 411. The summed E-state index contributed by atoms with van der Waals surface area (Å²) < 4.78 is 74.2. The zero-order valence-corrected chi connectivity index (χ0v) is 11.5. The van der Waals surface area contributed by atoms with Crippen molar-refractivity contribution in [2.24, 2.45) is 15.9 Å². The van der Waals surface area contributed by atoms with Gasteiger partial charge in [0, 0.05) is 6.20 Å². The van der Waals surface area contributed by atoms with E-state index in [2.05, 4.69) is 16.6 Å². The summed E-state index contributed by atoms with van der Waals surface area (Å²) in [5, 5.41) is 9.59. The summed E-state index contributed by atoms with van der Waals surface area (Å²) in [5.41, 5.74) is -2.30. The summed E-state index contributed by atoms with van der Waals surface area (Å²) in [6.45, 7) is 4.41. The molecule has 1 N–H and O–H groups in total. The van der Waals surface area contributed by atoms with E-state index >= 15 is 0 Å². The lowest BCUT2D eigenvalue weighted by molar-refractivity contribution is -0.0618. The van der Waals surface area contributed by atoms with Crippen LogP contribution in [-0.2, 0) is 0 Å². The molecule has 21 heavy (non-hydrogen) atoms. The number of aliphatic imine (C=N–C) groups is 2. The highest BCUT2D eigenvalue weighted by Gasteiger charge is 2.37. The van der Waals surface area contributed by atoms with Gasteiger partial charge in [0.15, 0.2) is 0 Å². The molecule has 2 atom stereocenters. The van der Waals surface area contributed by atoms with Crippen molar-refractivity contribution in [3.05, 3.63) is 12.8 Å². The highest BCUT2D eigenvalue weighted by atomic mass is 19.4.